The van der Waals surface area contributed by atoms with Crippen molar-refractivity contribution in [2.45, 2.75) is 52.0 Å². The van der Waals surface area contributed by atoms with Crippen molar-refractivity contribution in [3.63, 3.8) is 0 Å². The lowest BCUT2D eigenvalue weighted by molar-refractivity contribution is 0.219. The first-order valence-electron chi connectivity index (χ1n) is 7.84. The molecular weight excluding hydrogens is 381 g/mol. The zero-order valence-electron chi connectivity index (χ0n) is 12.5. The van der Waals surface area contributed by atoms with Gasteiger partial charge in [-0.2, -0.15) is 0 Å². The molecule has 0 spiro atoms. The predicted octanol–water partition coefficient (Wildman–Crippen LogP) is 5.81. The third-order valence-electron chi connectivity index (χ3n) is 4.66. The lowest BCUT2D eigenvalue weighted by Crippen LogP contribution is -2.31. The maximum Gasteiger partial charge on any atom is 0.0410 e. The first-order valence-corrected chi connectivity index (χ1v) is 9.29. The standard InChI is InChI=1S/C17H25ClIN/c1-3-12-5-7-13(8-6-12)17(20-4-2)15-11-14(18)9-10-16(15)19/h9-13,17,20H,3-8H2,1-2H3. The lowest BCUT2D eigenvalue weighted by Gasteiger charge is -2.35. The smallest absolute Gasteiger partial charge is 0.0410 e. The van der Waals surface area contributed by atoms with E-state index in [1.54, 1.807) is 0 Å². The molecule has 1 aromatic carbocycles. The Hall–Kier alpha value is 0.200. The van der Waals surface area contributed by atoms with Crippen LogP contribution in [0.15, 0.2) is 18.2 Å². The highest BCUT2D eigenvalue weighted by atomic mass is 127. The molecule has 1 aliphatic carbocycles. The van der Waals surface area contributed by atoms with Gasteiger partial charge in [0.2, 0.25) is 0 Å². The van der Waals surface area contributed by atoms with Gasteiger partial charge in [0.1, 0.15) is 0 Å². The molecule has 0 bridgehead atoms. The van der Waals surface area contributed by atoms with E-state index in [4.69, 9.17) is 11.6 Å². The van der Waals surface area contributed by atoms with E-state index < -0.39 is 0 Å². The largest absolute Gasteiger partial charge is 0.310 e. The molecule has 0 saturated heterocycles. The van der Waals surface area contributed by atoms with Crippen LogP contribution in [0.1, 0.15) is 57.6 Å². The Morgan fingerprint density at radius 2 is 1.95 bits per heavy atom. The van der Waals surface area contributed by atoms with Crippen molar-refractivity contribution in [2.24, 2.45) is 11.8 Å². The molecule has 0 aromatic heterocycles. The second-order valence-corrected chi connectivity index (χ2v) is 7.49. The quantitative estimate of drug-likeness (QED) is 0.609. The Morgan fingerprint density at radius 1 is 1.25 bits per heavy atom. The summed E-state index contributed by atoms with van der Waals surface area (Å²) >= 11 is 8.66. The highest BCUT2D eigenvalue weighted by Gasteiger charge is 2.28. The molecule has 1 unspecified atom stereocenters. The maximum atomic E-state index is 6.21. The lowest BCUT2D eigenvalue weighted by atomic mass is 9.76. The van der Waals surface area contributed by atoms with Crippen LogP contribution < -0.4 is 5.32 Å². The minimum atomic E-state index is 0.461. The maximum absolute atomic E-state index is 6.21. The molecule has 1 saturated carbocycles. The van der Waals surface area contributed by atoms with Crippen LogP contribution in [-0.4, -0.2) is 6.54 Å². The van der Waals surface area contributed by atoms with E-state index in [1.807, 2.05) is 6.07 Å². The molecule has 1 fully saturated rings. The van der Waals surface area contributed by atoms with Crippen molar-refractivity contribution in [2.75, 3.05) is 6.54 Å². The normalized spacial score (nSPS) is 24.6. The summed E-state index contributed by atoms with van der Waals surface area (Å²) in [5, 5.41) is 4.56. The molecule has 1 aliphatic rings. The summed E-state index contributed by atoms with van der Waals surface area (Å²) in [6.45, 7) is 5.54. The van der Waals surface area contributed by atoms with Gasteiger partial charge in [-0.3, -0.25) is 0 Å². The number of hydrogen-bond acceptors (Lipinski definition) is 1. The summed E-state index contributed by atoms with van der Waals surface area (Å²) in [5.41, 5.74) is 1.39. The SMILES string of the molecule is CCNC(c1cc(Cl)ccc1I)C1CCC(CC)CC1. The van der Waals surface area contributed by atoms with E-state index in [0.717, 1.165) is 23.4 Å². The van der Waals surface area contributed by atoms with Gasteiger partial charge >= 0.3 is 0 Å². The second kappa shape index (κ2) is 8.00. The number of hydrogen-bond donors (Lipinski definition) is 1. The summed E-state index contributed by atoms with van der Waals surface area (Å²) in [5.74, 6) is 1.71. The van der Waals surface area contributed by atoms with E-state index in [-0.39, 0.29) is 0 Å². The molecule has 1 nitrogen and oxygen atoms in total. The average Bonchev–Trinajstić information content (AvgIpc) is 2.48. The summed E-state index contributed by atoms with van der Waals surface area (Å²) in [7, 11) is 0. The van der Waals surface area contributed by atoms with Crippen LogP contribution in [0.4, 0.5) is 0 Å². The molecule has 1 aromatic rings. The zero-order chi connectivity index (χ0) is 14.5. The van der Waals surface area contributed by atoms with Gasteiger partial charge in [0.15, 0.2) is 0 Å². The average molecular weight is 406 g/mol. The minimum absolute atomic E-state index is 0.461. The third kappa shape index (κ3) is 4.11. The molecule has 0 heterocycles. The van der Waals surface area contributed by atoms with Crippen LogP contribution in [0.3, 0.4) is 0 Å². The fraction of sp³-hybridized carbons (Fsp3) is 0.647. The van der Waals surface area contributed by atoms with Gasteiger partial charge in [0.05, 0.1) is 0 Å². The van der Waals surface area contributed by atoms with Crippen LogP contribution in [-0.2, 0) is 0 Å². The molecule has 3 heteroatoms. The number of nitrogens with one attached hydrogen (secondary N) is 1. The van der Waals surface area contributed by atoms with Gasteiger partial charge in [0.25, 0.3) is 0 Å². The van der Waals surface area contributed by atoms with Crippen LogP contribution >= 0.6 is 34.2 Å². The summed E-state index contributed by atoms with van der Waals surface area (Å²) in [6, 6.07) is 6.75. The molecule has 112 valence electrons. The van der Waals surface area contributed by atoms with Gasteiger partial charge in [0, 0.05) is 14.6 Å². The Kier molecular flexibility index (Phi) is 6.63. The first-order chi connectivity index (χ1) is 9.65. The predicted molar refractivity (Wildman–Crippen MR) is 96.3 cm³/mol. The number of rotatable bonds is 5. The Morgan fingerprint density at radius 3 is 2.55 bits per heavy atom. The Bertz CT molecular complexity index is 427. The second-order valence-electron chi connectivity index (χ2n) is 5.89. The van der Waals surface area contributed by atoms with Crippen molar-refractivity contribution in [3.8, 4) is 0 Å². The van der Waals surface area contributed by atoms with Crippen LogP contribution in [0.25, 0.3) is 0 Å². The molecule has 1 atom stereocenters. The van der Waals surface area contributed by atoms with E-state index in [9.17, 15) is 0 Å². The van der Waals surface area contributed by atoms with E-state index in [0.29, 0.717) is 6.04 Å². The molecule has 0 radical (unpaired) electrons. The molecule has 0 amide bonds. The molecule has 20 heavy (non-hydrogen) atoms. The molecule has 0 aliphatic heterocycles. The van der Waals surface area contributed by atoms with Crippen molar-refractivity contribution in [1.82, 2.24) is 5.32 Å². The molecule has 2 rings (SSSR count). The first kappa shape index (κ1) is 16.6. The monoisotopic (exact) mass is 405 g/mol. The fourth-order valence-electron chi connectivity index (χ4n) is 3.43. The zero-order valence-corrected chi connectivity index (χ0v) is 15.4. The van der Waals surface area contributed by atoms with Crippen molar-refractivity contribution in [1.29, 1.82) is 0 Å². The van der Waals surface area contributed by atoms with Crippen molar-refractivity contribution in [3.05, 3.63) is 32.4 Å². The van der Waals surface area contributed by atoms with Gasteiger partial charge < -0.3 is 5.32 Å². The third-order valence-corrected chi connectivity index (χ3v) is 5.87. The van der Waals surface area contributed by atoms with Gasteiger partial charge in [-0.1, -0.05) is 44.7 Å². The fourth-order valence-corrected chi connectivity index (χ4v) is 4.28. The number of benzene rings is 1. The Labute approximate surface area is 142 Å². The summed E-state index contributed by atoms with van der Waals surface area (Å²) in [4.78, 5) is 0. The van der Waals surface area contributed by atoms with Crippen LogP contribution in [0.2, 0.25) is 5.02 Å². The van der Waals surface area contributed by atoms with Crippen LogP contribution in [0.5, 0.6) is 0 Å². The highest BCUT2D eigenvalue weighted by molar-refractivity contribution is 14.1. The molecule has 1 N–H and O–H groups in total. The summed E-state index contributed by atoms with van der Waals surface area (Å²) in [6.07, 6.45) is 6.81. The summed E-state index contributed by atoms with van der Waals surface area (Å²) < 4.78 is 1.33. The van der Waals surface area contributed by atoms with E-state index in [2.05, 4.69) is 53.9 Å². The Balaban J connectivity index is 2.16. The number of halogens is 2. The van der Waals surface area contributed by atoms with Crippen molar-refractivity contribution < 1.29 is 0 Å². The van der Waals surface area contributed by atoms with Crippen molar-refractivity contribution >= 4 is 34.2 Å². The van der Waals surface area contributed by atoms with Gasteiger partial charge in [-0.25, -0.2) is 0 Å². The van der Waals surface area contributed by atoms with Gasteiger partial charge in [-0.15, -0.1) is 0 Å². The van der Waals surface area contributed by atoms with Crippen LogP contribution in [0, 0.1) is 15.4 Å². The highest BCUT2D eigenvalue weighted by Crippen LogP contribution is 2.39. The molecular formula is C17H25ClIN. The van der Waals surface area contributed by atoms with Gasteiger partial charge in [-0.05, 0) is 77.6 Å². The van der Waals surface area contributed by atoms with E-state index >= 15 is 0 Å². The topological polar surface area (TPSA) is 12.0 Å². The van der Waals surface area contributed by atoms with E-state index in [1.165, 1.54) is 41.2 Å². The minimum Gasteiger partial charge on any atom is -0.310 e.